The minimum absolute atomic E-state index is 0.0276. The van der Waals surface area contributed by atoms with E-state index in [1.807, 2.05) is 30.3 Å². The predicted molar refractivity (Wildman–Crippen MR) is 84.1 cm³/mol. The third-order valence-electron chi connectivity index (χ3n) is 4.18. The molecule has 0 aliphatic heterocycles. The van der Waals surface area contributed by atoms with E-state index in [1.54, 1.807) is 0 Å². The highest BCUT2D eigenvalue weighted by Gasteiger charge is 2.36. The fourth-order valence-corrected chi connectivity index (χ4v) is 2.90. The summed E-state index contributed by atoms with van der Waals surface area (Å²) in [7, 11) is 0. The Morgan fingerprint density at radius 2 is 1.71 bits per heavy atom. The van der Waals surface area contributed by atoms with Gasteiger partial charge in [0, 0.05) is 12.0 Å². The first-order valence-electron chi connectivity index (χ1n) is 7.40. The maximum Gasteiger partial charge on any atom is 0.119 e. The van der Waals surface area contributed by atoms with Crippen molar-refractivity contribution >= 4 is 0 Å². The van der Waals surface area contributed by atoms with Crippen molar-refractivity contribution in [1.29, 1.82) is 0 Å². The molecule has 1 saturated carbocycles. The van der Waals surface area contributed by atoms with E-state index in [-0.39, 0.29) is 12.7 Å². The highest BCUT2D eigenvalue weighted by atomic mass is 16.5. The molecule has 0 saturated heterocycles. The number of rotatable bonds is 4. The molecular weight excluding hydrogens is 262 g/mol. The van der Waals surface area contributed by atoms with E-state index in [2.05, 4.69) is 24.3 Å². The van der Waals surface area contributed by atoms with Crippen LogP contribution < -0.4 is 10.5 Å². The summed E-state index contributed by atoms with van der Waals surface area (Å²) in [6.07, 6.45) is 2.53. The lowest BCUT2D eigenvalue weighted by Gasteiger charge is -2.21. The third kappa shape index (κ3) is 3.26. The van der Waals surface area contributed by atoms with Gasteiger partial charge in [0.05, 0.1) is 6.61 Å². The molecule has 2 unspecified atom stereocenters. The topological polar surface area (TPSA) is 55.5 Å². The summed E-state index contributed by atoms with van der Waals surface area (Å²) in [4.78, 5) is 0. The van der Waals surface area contributed by atoms with E-state index in [4.69, 9.17) is 10.5 Å². The molecular formula is C18H21NO2. The molecule has 0 radical (unpaired) electrons. The van der Waals surface area contributed by atoms with Gasteiger partial charge in [-0.3, -0.25) is 0 Å². The van der Waals surface area contributed by atoms with E-state index in [1.165, 1.54) is 11.1 Å². The lowest BCUT2D eigenvalue weighted by atomic mass is 10.0. The fraction of sp³-hybridized carbons (Fsp3) is 0.333. The summed E-state index contributed by atoms with van der Waals surface area (Å²) in [5.74, 6) is 0.863. The minimum atomic E-state index is -0.464. The van der Waals surface area contributed by atoms with Crippen molar-refractivity contribution in [2.24, 2.45) is 5.73 Å². The molecule has 0 spiro atoms. The largest absolute Gasteiger partial charge is 0.490 e. The second-order valence-electron chi connectivity index (χ2n) is 5.89. The average molecular weight is 283 g/mol. The Morgan fingerprint density at radius 1 is 1.05 bits per heavy atom. The predicted octanol–water partition coefficient (Wildman–Crippen LogP) is 2.97. The average Bonchev–Trinajstić information content (AvgIpc) is 2.91. The zero-order valence-corrected chi connectivity index (χ0v) is 12.0. The molecule has 21 heavy (non-hydrogen) atoms. The standard InChI is InChI=1S/C18H21NO2/c19-18(13-20)11-10-17(12-18)21-16-8-6-15(7-9-16)14-4-2-1-3-5-14/h1-9,17,20H,10-13,19H2. The first kappa shape index (κ1) is 14.1. The van der Waals surface area contributed by atoms with Gasteiger partial charge >= 0.3 is 0 Å². The molecule has 2 aromatic rings. The van der Waals surface area contributed by atoms with Crippen LogP contribution in [0.15, 0.2) is 54.6 Å². The molecule has 0 bridgehead atoms. The number of nitrogens with two attached hydrogens (primary N) is 1. The lowest BCUT2D eigenvalue weighted by molar-refractivity contribution is 0.166. The number of benzene rings is 2. The van der Waals surface area contributed by atoms with Crippen molar-refractivity contribution in [3.63, 3.8) is 0 Å². The number of aliphatic hydroxyl groups is 1. The molecule has 1 fully saturated rings. The quantitative estimate of drug-likeness (QED) is 0.907. The Balaban J connectivity index is 1.66. The lowest BCUT2D eigenvalue weighted by Crippen LogP contribution is -2.41. The molecule has 2 atom stereocenters. The Kier molecular flexibility index (Phi) is 3.95. The van der Waals surface area contributed by atoms with E-state index in [0.29, 0.717) is 6.42 Å². The summed E-state index contributed by atoms with van der Waals surface area (Å²) in [5, 5.41) is 9.29. The van der Waals surface area contributed by atoms with Crippen LogP contribution >= 0.6 is 0 Å². The highest BCUT2D eigenvalue weighted by molar-refractivity contribution is 5.63. The van der Waals surface area contributed by atoms with Crippen LogP contribution in [-0.4, -0.2) is 23.4 Å². The van der Waals surface area contributed by atoms with E-state index in [0.717, 1.165) is 18.6 Å². The van der Waals surface area contributed by atoms with E-state index in [9.17, 15) is 5.11 Å². The Morgan fingerprint density at radius 3 is 2.33 bits per heavy atom. The first-order valence-corrected chi connectivity index (χ1v) is 7.40. The van der Waals surface area contributed by atoms with Gasteiger partial charge in [0.15, 0.2) is 0 Å². The molecule has 3 heteroatoms. The van der Waals surface area contributed by atoms with Crippen molar-refractivity contribution in [1.82, 2.24) is 0 Å². The fourth-order valence-electron chi connectivity index (χ4n) is 2.90. The number of hydrogen-bond donors (Lipinski definition) is 2. The van der Waals surface area contributed by atoms with Crippen LogP contribution in [0.2, 0.25) is 0 Å². The molecule has 110 valence electrons. The van der Waals surface area contributed by atoms with Gasteiger partial charge in [0.1, 0.15) is 11.9 Å². The van der Waals surface area contributed by atoms with Crippen molar-refractivity contribution in [3.8, 4) is 16.9 Å². The summed E-state index contributed by atoms with van der Waals surface area (Å²) in [5.41, 5.74) is 7.99. The SMILES string of the molecule is NC1(CO)CCC(Oc2ccc(-c3ccccc3)cc2)C1. The number of ether oxygens (including phenoxy) is 1. The van der Waals surface area contributed by atoms with Gasteiger partial charge < -0.3 is 15.6 Å². The summed E-state index contributed by atoms with van der Waals surface area (Å²) in [6.45, 7) is 0.0276. The van der Waals surface area contributed by atoms with Crippen LogP contribution in [0.3, 0.4) is 0 Å². The van der Waals surface area contributed by atoms with Crippen molar-refractivity contribution in [3.05, 3.63) is 54.6 Å². The van der Waals surface area contributed by atoms with Crippen LogP contribution in [0.4, 0.5) is 0 Å². The van der Waals surface area contributed by atoms with Gasteiger partial charge in [0.25, 0.3) is 0 Å². The monoisotopic (exact) mass is 283 g/mol. The summed E-state index contributed by atoms with van der Waals surface area (Å²) >= 11 is 0. The maximum atomic E-state index is 9.29. The third-order valence-corrected chi connectivity index (χ3v) is 4.18. The molecule has 0 heterocycles. The van der Waals surface area contributed by atoms with Crippen molar-refractivity contribution < 1.29 is 9.84 Å². The molecule has 0 amide bonds. The van der Waals surface area contributed by atoms with E-state index >= 15 is 0 Å². The first-order chi connectivity index (χ1) is 10.2. The molecule has 3 rings (SSSR count). The molecule has 3 nitrogen and oxygen atoms in total. The van der Waals surface area contributed by atoms with Gasteiger partial charge in [-0.2, -0.15) is 0 Å². The van der Waals surface area contributed by atoms with Gasteiger partial charge in [-0.15, -0.1) is 0 Å². The molecule has 3 N–H and O–H groups in total. The second kappa shape index (κ2) is 5.88. The normalized spacial score (nSPS) is 25.0. The van der Waals surface area contributed by atoms with Crippen LogP contribution in [0.1, 0.15) is 19.3 Å². The van der Waals surface area contributed by atoms with Crippen LogP contribution in [0.5, 0.6) is 5.75 Å². The number of aliphatic hydroxyl groups excluding tert-OH is 1. The van der Waals surface area contributed by atoms with Crippen LogP contribution in [0.25, 0.3) is 11.1 Å². The zero-order chi connectivity index (χ0) is 14.7. The number of hydrogen-bond acceptors (Lipinski definition) is 3. The van der Waals surface area contributed by atoms with Crippen LogP contribution in [-0.2, 0) is 0 Å². The Bertz CT molecular complexity index is 582. The smallest absolute Gasteiger partial charge is 0.119 e. The minimum Gasteiger partial charge on any atom is -0.490 e. The molecule has 1 aliphatic rings. The van der Waals surface area contributed by atoms with Crippen molar-refractivity contribution in [2.45, 2.75) is 30.9 Å². The highest BCUT2D eigenvalue weighted by Crippen LogP contribution is 2.31. The van der Waals surface area contributed by atoms with Gasteiger partial charge in [-0.05, 0) is 36.1 Å². The molecule has 1 aliphatic carbocycles. The summed E-state index contributed by atoms with van der Waals surface area (Å²) in [6, 6.07) is 18.4. The Labute approximate surface area is 125 Å². The Hall–Kier alpha value is -1.84. The summed E-state index contributed by atoms with van der Waals surface area (Å²) < 4.78 is 5.97. The van der Waals surface area contributed by atoms with E-state index < -0.39 is 5.54 Å². The second-order valence-corrected chi connectivity index (χ2v) is 5.89. The van der Waals surface area contributed by atoms with Gasteiger partial charge in [0.2, 0.25) is 0 Å². The van der Waals surface area contributed by atoms with Crippen molar-refractivity contribution in [2.75, 3.05) is 6.61 Å². The molecule has 0 aromatic heterocycles. The van der Waals surface area contributed by atoms with Gasteiger partial charge in [-0.25, -0.2) is 0 Å². The molecule has 2 aromatic carbocycles. The van der Waals surface area contributed by atoms with Crippen LogP contribution in [0, 0.1) is 0 Å². The maximum absolute atomic E-state index is 9.29. The zero-order valence-electron chi connectivity index (χ0n) is 12.0. The van der Waals surface area contributed by atoms with Gasteiger partial charge in [-0.1, -0.05) is 42.5 Å².